The van der Waals surface area contributed by atoms with E-state index in [4.69, 9.17) is 11.6 Å². The second-order valence-corrected chi connectivity index (χ2v) is 5.98. The highest BCUT2D eigenvalue weighted by molar-refractivity contribution is 7.18. The molecule has 0 bridgehead atoms. The predicted molar refractivity (Wildman–Crippen MR) is 86.1 cm³/mol. The summed E-state index contributed by atoms with van der Waals surface area (Å²) in [6, 6.07) is 11.9. The number of nitrogens with one attached hydrogen (secondary N) is 1. The van der Waals surface area contributed by atoms with E-state index in [1.165, 1.54) is 4.88 Å². The van der Waals surface area contributed by atoms with E-state index < -0.39 is 0 Å². The molecule has 0 aliphatic heterocycles. The lowest BCUT2D eigenvalue weighted by Crippen LogP contribution is -1.96. The maximum absolute atomic E-state index is 6.26. The molecule has 0 amide bonds. The lowest BCUT2D eigenvalue weighted by molar-refractivity contribution is 0.940. The van der Waals surface area contributed by atoms with Crippen LogP contribution in [-0.4, -0.2) is 9.97 Å². The van der Waals surface area contributed by atoms with Crippen LogP contribution in [0.1, 0.15) is 18.2 Å². The van der Waals surface area contributed by atoms with Crippen LogP contribution in [0.4, 0.5) is 11.6 Å². The number of hydrogen-bond acceptors (Lipinski definition) is 4. The number of para-hydroxylation sites is 1. The highest BCUT2D eigenvalue weighted by Crippen LogP contribution is 2.31. The fraction of sp³-hybridized carbons (Fsp3) is 0.200. The van der Waals surface area contributed by atoms with Crippen LogP contribution in [-0.2, 0) is 6.42 Å². The second kappa shape index (κ2) is 5.77. The Labute approximate surface area is 126 Å². The molecule has 1 N–H and O–H groups in total. The van der Waals surface area contributed by atoms with Crippen molar-refractivity contribution in [2.45, 2.75) is 19.8 Å². The van der Waals surface area contributed by atoms with Crippen molar-refractivity contribution in [2.24, 2.45) is 0 Å². The van der Waals surface area contributed by atoms with Crippen LogP contribution in [0.25, 0.3) is 10.2 Å². The van der Waals surface area contributed by atoms with E-state index in [1.807, 2.05) is 30.3 Å². The Morgan fingerprint density at radius 1 is 1.20 bits per heavy atom. The first-order valence-corrected chi connectivity index (χ1v) is 7.73. The molecule has 3 aromatic rings. The first-order chi connectivity index (χ1) is 9.76. The standard InChI is InChI=1S/C15H14ClN3S/c1-2-6-11-9-12-13(16)18-15(19-14(12)20-11)17-10-7-4-3-5-8-10/h3-5,7-9H,2,6H2,1H3,(H,17,18,19). The molecule has 102 valence electrons. The molecule has 0 atom stereocenters. The monoisotopic (exact) mass is 303 g/mol. The first-order valence-electron chi connectivity index (χ1n) is 6.54. The van der Waals surface area contributed by atoms with Crippen molar-refractivity contribution in [3.05, 3.63) is 46.4 Å². The Balaban J connectivity index is 1.96. The van der Waals surface area contributed by atoms with E-state index in [0.29, 0.717) is 11.1 Å². The quantitative estimate of drug-likeness (QED) is 0.686. The van der Waals surface area contributed by atoms with Gasteiger partial charge in [0, 0.05) is 16.0 Å². The molecule has 5 heteroatoms. The lowest BCUT2D eigenvalue weighted by atomic mass is 10.2. The SMILES string of the molecule is CCCc1cc2c(Cl)nc(Nc3ccccc3)nc2s1. The number of hydrogen-bond donors (Lipinski definition) is 1. The number of aryl methyl sites for hydroxylation is 1. The summed E-state index contributed by atoms with van der Waals surface area (Å²) in [4.78, 5) is 11.1. The fourth-order valence-electron chi connectivity index (χ4n) is 2.01. The molecule has 2 aromatic heterocycles. The highest BCUT2D eigenvalue weighted by Gasteiger charge is 2.10. The Kier molecular flexibility index (Phi) is 3.85. The molecule has 2 heterocycles. The molecular formula is C15H14ClN3S. The molecule has 0 unspecified atom stereocenters. The van der Waals surface area contributed by atoms with Gasteiger partial charge in [0.25, 0.3) is 0 Å². The molecule has 3 rings (SSSR count). The summed E-state index contributed by atoms with van der Waals surface area (Å²) >= 11 is 7.94. The van der Waals surface area contributed by atoms with Gasteiger partial charge in [0.1, 0.15) is 9.98 Å². The minimum absolute atomic E-state index is 0.507. The summed E-state index contributed by atoms with van der Waals surface area (Å²) < 4.78 is 0. The smallest absolute Gasteiger partial charge is 0.230 e. The maximum atomic E-state index is 6.26. The van der Waals surface area contributed by atoms with Crippen LogP contribution in [0.5, 0.6) is 0 Å². The van der Waals surface area contributed by atoms with Crippen molar-refractivity contribution < 1.29 is 0 Å². The largest absolute Gasteiger partial charge is 0.324 e. The number of thiophene rings is 1. The molecule has 0 saturated heterocycles. The van der Waals surface area contributed by atoms with E-state index in [9.17, 15) is 0 Å². The van der Waals surface area contributed by atoms with Crippen LogP contribution in [0, 0.1) is 0 Å². The fourth-order valence-corrected chi connectivity index (χ4v) is 3.42. The predicted octanol–water partition coefficient (Wildman–Crippen LogP) is 5.04. The molecule has 3 nitrogen and oxygen atoms in total. The molecule has 0 aliphatic rings. The zero-order valence-electron chi connectivity index (χ0n) is 11.1. The van der Waals surface area contributed by atoms with E-state index in [-0.39, 0.29) is 0 Å². The van der Waals surface area contributed by atoms with Crippen LogP contribution in [0.3, 0.4) is 0 Å². The van der Waals surface area contributed by atoms with E-state index in [1.54, 1.807) is 11.3 Å². The molecule has 0 radical (unpaired) electrons. The minimum atomic E-state index is 0.507. The third-order valence-corrected chi connectivity index (χ3v) is 4.30. The van der Waals surface area contributed by atoms with Crippen molar-refractivity contribution >= 4 is 44.8 Å². The Morgan fingerprint density at radius 3 is 2.75 bits per heavy atom. The first kappa shape index (κ1) is 13.3. The molecule has 20 heavy (non-hydrogen) atoms. The molecule has 1 aromatic carbocycles. The van der Waals surface area contributed by atoms with E-state index in [2.05, 4.69) is 28.3 Å². The summed E-state index contributed by atoms with van der Waals surface area (Å²) in [5.74, 6) is 0.540. The summed E-state index contributed by atoms with van der Waals surface area (Å²) in [5.41, 5.74) is 0.952. The van der Waals surface area contributed by atoms with Crippen molar-refractivity contribution in [3.8, 4) is 0 Å². The van der Waals surface area contributed by atoms with E-state index in [0.717, 1.165) is 28.7 Å². The van der Waals surface area contributed by atoms with Gasteiger partial charge < -0.3 is 5.32 Å². The number of nitrogens with zero attached hydrogens (tertiary/aromatic N) is 2. The zero-order valence-corrected chi connectivity index (χ0v) is 12.6. The number of fused-ring (bicyclic) bond motifs is 1. The highest BCUT2D eigenvalue weighted by atomic mass is 35.5. The average molecular weight is 304 g/mol. The zero-order chi connectivity index (χ0) is 13.9. The molecular weight excluding hydrogens is 290 g/mol. The van der Waals surface area contributed by atoms with Gasteiger partial charge in [-0.2, -0.15) is 0 Å². The van der Waals surface area contributed by atoms with Gasteiger partial charge in [0.05, 0.1) is 0 Å². The number of anilines is 2. The van der Waals surface area contributed by atoms with Gasteiger partial charge in [-0.15, -0.1) is 11.3 Å². The maximum Gasteiger partial charge on any atom is 0.230 e. The van der Waals surface area contributed by atoms with Crippen molar-refractivity contribution in [1.82, 2.24) is 9.97 Å². The van der Waals surface area contributed by atoms with Gasteiger partial charge in [0.15, 0.2) is 0 Å². The Bertz CT molecular complexity index is 725. The molecule has 0 fully saturated rings. The summed E-state index contributed by atoms with van der Waals surface area (Å²) in [7, 11) is 0. The van der Waals surface area contributed by atoms with E-state index >= 15 is 0 Å². The second-order valence-electron chi connectivity index (χ2n) is 4.51. The molecule has 0 aliphatic carbocycles. The van der Waals surface area contributed by atoms with Crippen molar-refractivity contribution in [1.29, 1.82) is 0 Å². The Morgan fingerprint density at radius 2 is 2.00 bits per heavy atom. The third-order valence-electron chi connectivity index (χ3n) is 2.92. The van der Waals surface area contributed by atoms with Crippen LogP contribution < -0.4 is 5.32 Å². The number of benzene rings is 1. The Hall–Kier alpha value is -1.65. The van der Waals surface area contributed by atoms with Gasteiger partial charge in [-0.25, -0.2) is 9.97 Å². The number of halogens is 1. The van der Waals surface area contributed by atoms with Crippen LogP contribution >= 0.6 is 22.9 Å². The lowest BCUT2D eigenvalue weighted by Gasteiger charge is -2.04. The number of rotatable bonds is 4. The summed E-state index contributed by atoms with van der Waals surface area (Å²) in [5, 5.41) is 4.63. The van der Waals surface area contributed by atoms with Crippen molar-refractivity contribution in [2.75, 3.05) is 5.32 Å². The average Bonchev–Trinajstić information content (AvgIpc) is 2.83. The van der Waals surface area contributed by atoms with Gasteiger partial charge in [-0.05, 0) is 24.6 Å². The topological polar surface area (TPSA) is 37.8 Å². The van der Waals surface area contributed by atoms with Gasteiger partial charge in [0.2, 0.25) is 5.95 Å². The van der Waals surface area contributed by atoms with Crippen LogP contribution in [0.15, 0.2) is 36.4 Å². The van der Waals surface area contributed by atoms with Gasteiger partial charge in [-0.1, -0.05) is 43.1 Å². The van der Waals surface area contributed by atoms with Gasteiger partial charge in [-0.3, -0.25) is 0 Å². The molecule has 0 saturated carbocycles. The minimum Gasteiger partial charge on any atom is -0.324 e. The number of aromatic nitrogens is 2. The summed E-state index contributed by atoms with van der Waals surface area (Å²) in [6.45, 7) is 2.17. The van der Waals surface area contributed by atoms with Gasteiger partial charge >= 0.3 is 0 Å². The van der Waals surface area contributed by atoms with Crippen LogP contribution in [0.2, 0.25) is 5.15 Å². The normalized spacial score (nSPS) is 10.9. The molecule has 0 spiro atoms. The summed E-state index contributed by atoms with van der Waals surface area (Å²) in [6.07, 6.45) is 2.17. The third kappa shape index (κ3) is 2.76. The van der Waals surface area contributed by atoms with Crippen molar-refractivity contribution in [3.63, 3.8) is 0 Å².